The van der Waals surface area contributed by atoms with E-state index in [1.807, 2.05) is 12.1 Å². The molecule has 4 heteroatoms. The minimum absolute atomic E-state index is 0.464. The van der Waals surface area contributed by atoms with Crippen LogP contribution in [0, 0.1) is 0 Å². The average Bonchev–Trinajstić information content (AvgIpc) is 2.46. The molecule has 21 heavy (non-hydrogen) atoms. The largest absolute Gasteiger partial charge is 0.491 e. The van der Waals surface area contributed by atoms with Gasteiger partial charge in [-0.1, -0.05) is 24.3 Å². The minimum atomic E-state index is 0.464. The Bertz CT molecular complexity index is 634. The van der Waals surface area contributed by atoms with Crippen molar-refractivity contribution in [2.24, 2.45) is 0 Å². The second-order valence-electron chi connectivity index (χ2n) is 5.41. The molecular weight excluding hydrogens is 394 g/mol. The molecule has 0 spiro atoms. The van der Waals surface area contributed by atoms with Gasteiger partial charge in [0.2, 0.25) is 0 Å². The van der Waals surface area contributed by atoms with Crippen molar-refractivity contribution in [1.82, 2.24) is 0 Å². The molecule has 0 saturated heterocycles. The highest BCUT2D eigenvalue weighted by atomic mass is 79.9. The van der Waals surface area contributed by atoms with Crippen LogP contribution in [0.1, 0.15) is 29.9 Å². The van der Waals surface area contributed by atoms with Gasteiger partial charge in [-0.2, -0.15) is 0 Å². The molecule has 0 aromatic heterocycles. The molecule has 0 radical (unpaired) electrons. The van der Waals surface area contributed by atoms with Gasteiger partial charge < -0.3 is 10.5 Å². The Labute approximate surface area is 141 Å². The van der Waals surface area contributed by atoms with Gasteiger partial charge >= 0.3 is 0 Å². The van der Waals surface area contributed by atoms with Gasteiger partial charge in [0.1, 0.15) is 5.75 Å². The first-order valence-corrected chi connectivity index (χ1v) is 8.69. The molecule has 2 N–H and O–H groups in total. The molecule has 1 unspecified atom stereocenters. The molecule has 2 aromatic rings. The first-order chi connectivity index (χ1) is 10.1. The maximum absolute atomic E-state index is 6.07. The first kappa shape index (κ1) is 14.9. The number of nitrogens with two attached hydrogens (primary N) is 1. The lowest BCUT2D eigenvalue weighted by Crippen LogP contribution is -2.16. The summed E-state index contributed by atoms with van der Waals surface area (Å²) in [6.07, 6.45) is 3.60. The van der Waals surface area contributed by atoms with Crippen LogP contribution in [0.25, 0.3) is 0 Å². The number of anilines is 1. The van der Waals surface area contributed by atoms with Gasteiger partial charge in [0.15, 0.2) is 0 Å². The molecule has 1 aliphatic rings. The molecule has 2 aromatic carbocycles. The predicted octanol–water partition coefficient (Wildman–Crippen LogP) is 5.29. The molecule has 0 heterocycles. The molecule has 1 aliphatic carbocycles. The molecule has 2 nitrogen and oxygen atoms in total. The summed E-state index contributed by atoms with van der Waals surface area (Å²) in [6.45, 7) is 0.693. The second-order valence-corrected chi connectivity index (χ2v) is 7.12. The zero-order valence-electron chi connectivity index (χ0n) is 11.6. The fourth-order valence-electron chi connectivity index (χ4n) is 2.93. The second kappa shape index (κ2) is 6.41. The zero-order chi connectivity index (χ0) is 14.8. The molecule has 110 valence electrons. The lowest BCUT2D eigenvalue weighted by molar-refractivity contribution is 0.271. The summed E-state index contributed by atoms with van der Waals surface area (Å²) in [7, 11) is 0. The SMILES string of the molecule is Nc1cc(Br)c(OCC2CCCc3ccccc32)c(Br)c1. The van der Waals surface area contributed by atoms with E-state index in [-0.39, 0.29) is 0 Å². The van der Waals surface area contributed by atoms with Crippen LogP contribution in [0.3, 0.4) is 0 Å². The number of hydrogen-bond donors (Lipinski definition) is 1. The topological polar surface area (TPSA) is 35.2 Å². The van der Waals surface area contributed by atoms with E-state index >= 15 is 0 Å². The van der Waals surface area contributed by atoms with E-state index in [4.69, 9.17) is 10.5 Å². The number of ether oxygens (including phenoxy) is 1. The Morgan fingerprint density at radius 1 is 1.14 bits per heavy atom. The molecule has 0 aliphatic heterocycles. The van der Waals surface area contributed by atoms with Crippen molar-refractivity contribution in [3.05, 3.63) is 56.5 Å². The maximum atomic E-state index is 6.07. The maximum Gasteiger partial charge on any atom is 0.147 e. The average molecular weight is 411 g/mol. The quantitative estimate of drug-likeness (QED) is 0.697. The van der Waals surface area contributed by atoms with Crippen molar-refractivity contribution in [1.29, 1.82) is 0 Å². The van der Waals surface area contributed by atoms with Gasteiger partial charge in [0.25, 0.3) is 0 Å². The summed E-state index contributed by atoms with van der Waals surface area (Å²) in [5.74, 6) is 1.29. The summed E-state index contributed by atoms with van der Waals surface area (Å²) in [5.41, 5.74) is 9.43. The van der Waals surface area contributed by atoms with Crippen molar-refractivity contribution in [3.8, 4) is 5.75 Å². The van der Waals surface area contributed by atoms with E-state index in [0.717, 1.165) is 14.7 Å². The zero-order valence-corrected chi connectivity index (χ0v) is 14.8. The Balaban J connectivity index is 1.78. The molecule has 1 atom stereocenters. The van der Waals surface area contributed by atoms with Crippen molar-refractivity contribution < 1.29 is 4.74 Å². The van der Waals surface area contributed by atoms with Crippen LogP contribution in [0.2, 0.25) is 0 Å². The molecule has 0 saturated carbocycles. The number of fused-ring (bicyclic) bond motifs is 1. The van der Waals surface area contributed by atoms with Gasteiger partial charge in [0.05, 0.1) is 15.6 Å². The van der Waals surface area contributed by atoms with Gasteiger partial charge in [-0.15, -0.1) is 0 Å². The third kappa shape index (κ3) is 3.27. The van der Waals surface area contributed by atoms with Crippen LogP contribution in [-0.4, -0.2) is 6.61 Å². The monoisotopic (exact) mass is 409 g/mol. The summed E-state index contributed by atoms with van der Waals surface area (Å²) in [6, 6.07) is 12.4. The lowest BCUT2D eigenvalue weighted by Gasteiger charge is -2.26. The normalized spacial score (nSPS) is 17.3. The third-order valence-electron chi connectivity index (χ3n) is 3.94. The highest BCUT2D eigenvalue weighted by molar-refractivity contribution is 9.11. The van der Waals surface area contributed by atoms with Gasteiger partial charge in [-0.05, 0) is 74.4 Å². The van der Waals surface area contributed by atoms with Crippen molar-refractivity contribution in [2.75, 3.05) is 12.3 Å². The van der Waals surface area contributed by atoms with Gasteiger partial charge in [0, 0.05) is 11.6 Å². The summed E-state index contributed by atoms with van der Waals surface area (Å²) < 4.78 is 7.84. The Morgan fingerprint density at radius 2 is 1.86 bits per heavy atom. The van der Waals surface area contributed by atoms with Crippen LogP contribution >= 0.6 is 31.9 Å². The fourth-order valence-corrected chi connectivity index (χ4v) is 4.38. The van der Waals surface area contributed by atoms with Crippen molar-refractivity contribution in [2.45, 2.75) is 25.2 Å². The number of halogens is 2. The summed E-state index contributed by atoms with van der Waals surface area (Å²) in [5, 5.41) is 0. The molecule has 0 amide bonds. The summed E-state index contributed by atoms with van der Waals surface area (Å²) >= 11 is 7.04. The number of benzene rings is 2. The van der Waals surface area contributed by atoms with Crippen LogP contribution in [0.15, 0.2) is 45.3 Å². The Hall–Kier alpha value is -1.00. The van der Waals surface area contributed by atoms with E-state index in [9.17, 15) is 0 Å². The highest BCUT2D eigenvalue weighted by Crippen LogP contribution is 2.38. The van der Waals surface area contributed by atoms with E-state index in [1.165, 1.54) is 30.4 Å². The van der Waals surface area contributed by atoms with E-state index < -0.39 is 0 Å². The van der Waals surface area contributed by atoms with Crippen LogP contribution in [0.4, 0.5) is 5.69 Å². The minimum Gasteiger partial charge on any atom is -0.491 e. The Kier molecular flexibility index (Phi) is 4.55. The highest BCUT2D eigenvalue weighted by Gasteiger charge is 2.21. The van der Waals surface area contributed by atoms with Crippen LogP contribution in [-0.2, 0) is 6.42 Å². The summed E-state index contributed by atoms with van der Waals surface area (Å²) in [4.78, 5) is 0. The number of nitrogen functional groups attached to an aromatic ring is 1. The first-order valence-electron chi connectivity index (χ1n) is 7.10. The van der Waals surface area contributed by atoms with E-state index in [0.29, 0.717) is 18.2 Å². The van der Waals surface area contributed by atoms with Gasteiger partial charge in [-0.25, -0.2) is 0 Å². The van der Waals surface area contributed by atoms with Crippen LogP contribution < -0.4 is 10.5 Å². The fraction of sp³-hybridized carbons (Fsp3) is 0.294. The molecular formula is C17H17Br2NO. The van der Waals surface area contributed by atoms with Crippen LogP contribution in [0.5, 0.6) is 5.75 Å². The number of aryl methyl sites for hydroxylation is 1. The predicted molar refractivity (Wildman–Crippen MR) is 93.9 cm³/mol. The van der Waals surface area contributed by atoms with Crippen molar-refractivity contribution in [3.63, 3.8) is 0 Å². The van der Waals surface area contributed by atoms with Crippen molar-refractivity contribution >= 4 is 37.5 Å². The Morgan fingerprint density at radius 3 is 2.62 bits per heavy atom. The number of hydrogen-bond acceptors (Lipinski definition) is 2. The standard InChI is InChI=1S/C17H17Br2NO/c18-15-8-13(20)9-16(19)17(15)21-10-12-6-3-5-11-4-1-2-7-14(11)12/h1-2,4,7-9,12H,3,5-6,10,20H2. The third-order valence-corrected chi connectivity index (χ3v) is 5.12. The lowest BCUT2D eigenvalue weighted by atomic mass is 9.83. The molecule has 3 rings (SSSR count). The molecule has 0 fully saturated rings. The number of rotatable bonds is 3. The van der Waals surface area contributed by atoms with Gasteiger partial charge in [-0.3, -0.25) is 0 Å². The molecule has 0 bridgehead atoms. The smallest absolute Gasteiger partial charge is 0.147 e. The van der Waals surface area contributed by atoms with E-state index in [2.05, 4.69) is 56.1 Å². The van der Waals surface area contributed by atoms with E-state index in [1.54, 1.807) is 0 Å².